The van der Waals surface area contributed by atoms with Crippen LogP contribution >= 0.6 is 0 Å². The highest BCUT2D eigenvalue weighted by atomic mass is 16.3. The summed E-state index contributed by atoms with van der Waals surface area (Å²) in [5, 5.41) is 4.36. The average molecular weight is 794 g/mol. The molecule has 12 rings (SSSR count). The smallest absolute Gasteiger partial charge is 0.164 e. The molecule has 0 aliphatic rings. The number of benzene rings is 9. The number of hydrogen-bond acceptors (Lipinski definition) is 5. The lowest BCUT2D eigenvalue weighted by molar-refractivity contribution is 0.668. The maximum absolute atomic E-state index is 6.71. The summed E-state index contributed by atoms with van der Waals surface area (Å²) in [7, 11) is 0. The summed E-state index contributed by atoms with van der Waals surface area (Å²) in [6, 6.07) is 73.4. The number of para-hydroxylation sites is 2. The van der Waals surface area contributed by atoms with Crippen LogP contribution in [0, 0.1) is 0 Å². The van der Waals surface area contributed by atoms with Crippen LogP contribution in [0.2, 0.25) is 0 Å². The molecule has 0 spiro atoms. The van der Waals surface area contributed by atoms with Gasteiger partial charge in [0, 0.05) is 43.8 Å². The minimum Gasteiger partial charge on any atom is -0.456 e. The van der Waals surface area contributed by atoms with Gasteiger partial charge in [0.15, 0.2) is 17.5 Å². The van der Waals surface area contributed by atoms with Crippen molar-refractivity contribution in [2.75, 3.05) is 0 Å². The van der Waals surface area contributed by atoms with Crippen molar-refractivity contribution in [3.8, 4) is 78.7 Å². The summed E-state index contributed by atoms with van der Waals surface area (Å²) in [6.07, 6.45) is 0. The molecule has 3 aromatic heterocycles. The predicted molar refractivity (Wildman–Crippen MR) is 252 cm³/mol. The number of nitrogens with zero attached hydrogens (tertiary/aromatic N) is 3. The van der Waals surface area contributed by atoms with Crippen molar-refractivity contribution < 1.29 is 8.83 Å². The molecule has 0 aliphatic heterocycles. The van der Waals surface area contributed by atoms with Gasteiger partial charge < -0.3 is 8.83 Å². The molecule has 5 heteroatoms. The van der Waals surface area contributed by atoms with E-state index in [1.165, 1.54) is 0 Å². The minimum absolute atomic E-state index is 0.594. The summed E-state index contributed by atoms with van der Waals surface area (Å²) in [4.78, 5) is 15.4. The van der Waals surface area contributed by atoms with Crippen molar-refractivity contribution in [3.63, 3.8) is 0 Å². The first kappa shape index (κ1) is 35.5. The first-order valence-electron chi connectivity index (χ1n) is 20.7. The Morgan fingerprint density at radius 3 is 1.35 bits per heavy atom. The molecule has 0 fully saturated rings. The summed E-state index contributed by atoms with van der Waals surface area (Å²) < 4.78 is 13.0. The van der Waals surface area contributed by atoms with Gasteiger partial charge in [-0.05, 0) is 87.5 Å². The van der Waals surface area contributed by atoms with Crippen molar-refractivity contribution in [2.45, 2.75) is 0 Å². The molecule has 0 bridgehead atoms. The molecule has 0 N–H and O–H groups in total. The molecule has 0 radical (unpaired) electrons. The molecule has 62 heavy (non-hydrogen) atoms. The zero-order valence-corrected chi connectivity index (χ0v) is 33.4. The fourth-order valence-corrected chi connectivity index (χ4v) is 8.69. The average Bonchev–Trinajstić information content (AvgIpc) is 3.93. The van der Waals surface area contributed by atoms with Crippen LogP contribution in [-0.2, 0) is 0 Å². The highest BCUT2D eigenvalue weighted by Gasteiger charge is 2.20. The molecule has 5 nitrogen and oxygen atoms in total. The Morgan fingerprint density at radius 2 is 0.710 bits per heavy atom. The van der Waals surface area contributed by atoms with Gasteiger partial charge in [0.2, 0.25) is 0 Å². The van der Waals surface area contributed by atoms with E-state index in [0.29, 0.717) is 17.5 Å². The van der Waals surface area contributed by atoms with E-state index in [2.05, 4.69) is 146 Å². The van der Waals surface area contributed by atoms with Crippen molar-refractivity contribution in [1.82, 2.24) is 15.0 Å². The van der Waals surface area contributed by atoms with Crippen LogP contribution in [0.15, 0.2) is 221 Å². The molecular formula is C57H35N3O2. The van der Waals surface area contributed by atoms with Gasteiger partial charge in [-0.25, -0.2) is 15.0 Å². The van der Waals surface area contributed by atoms with Crippen LogP contribution in [0.25, 0.3) is 123 Å². The number of rotatable bonds is 7. The number of aromatic nitrogens is 3. The van der Waals surface area contributed by atoms with E-state index in [9.17, 15) is 0 Å². The zero-order chi connectivity index (χ0) is 41.0. The second-order valence-electron chi connectivity index (χ2n) is 15.6. The highest BCUT2D eigenvalue weighted by molar-refractivity contribution is 6.17. The van der Waals surface area contributed by atoms with E-state index >= 15 is 0 Å². The van der Waals surface area contributed by atoms with Gasteiger partial charge in [0.05, 0.1) is 0 Å². The number of fused-ring (bicyclic) bond motifs is 6. The van der Waals surface area contributed by atoms with Gasteiger partial charge in [-0.2, -0.15) is 0 Å². The molecule has 0 saturated heterocycles. The molecule has 0 unspecified atom stereocenters. The lowest BCUT2D eigenvalue weighted by atomic mass is 9.94. The maximum Gasteiger partial charge on any atom is 0.164 e. The molecule has 12 aromatic rings. The topological polar surface area (TPSA) is 65.0 Å². The van der Waals surface area contributed by atoms with Crippen LogP contribution in [-0.4, -0.2) is 15.0 Å². The Balaban J connectivity index is 0.976. The van der Waals surface area contributed by atoms with Gasteiger partial charge in [0.25, 0.3) is 0 Å². The first-order valence-corrected chi connectivity index (χ1v) is 20.7. The van der Waals surface area contributed by atoms with Crippen molar-refractivity contribution >= 4 is 43.9 Å². The fraction of sp³-hybridized carbons (Fsp3) is 0. The highest BCUT2D eigenvalue weighted by Crippen LogP contribution is 2.43. The largest absolute Gasteiger partial charge is 0.456 e. The van der Waals surface area contributed by atoms with E-state index < -0.39 is 0 Å². The minimum atomic E-state index is 0.594. The molecule has 290 valence electrons. The lowest BCUT2D eigenvalue weighted by Crippen LogP contribution is -2.00. The van der Waals surface area contributed by atoms with Crippen molar-refractivity contribution in [3.05, 3.63) is 212 Å². The third kappa shape index (κ3) is 6.23. The number of hydrogen-bond donors (Lipinski definition) is 0. The van der Waals surface area contributed by atoms with Crippen molar-refractivity contribution in [2.24, 2.45) is 0 Å². The Bertz CT molecular complexity index is 3550. The summed E-state index contributed by atoms with van der Waals surface area (Å²) in [6.45, 7) is 0. The Labute approximate surface area is 357 Å². The third-order valence-corrected chi connectivity index (χ3v) is 11.7. The summed E-state index contributed by atoms with van der Waals surface area (Å²) >= 11 is 0. The number of furan rings is 2. The summed E-state index contributed by atoms with van der Waals surface area (Å²) in [5.74, 6) is 1.81. The van der Waals surface area contributed by atoms with E-state index in [1.54, 1.807) is 0 Å². The van der Waals surface area contributed by atoms with Gasteiger partial charge in [-0.1, -0.05) is 164 Å². The Morgan fingerprint density at radius 1 is 0.258 bits per heavy atom. The molecule has 0 aliphatic carbocycles. The zero-order valence-electron chi connectivity index (χ0n) is 33.4. The van der Waals surface area contributed by atoms with E-state index in [-0.39, 0.29) is 0 Å². The third-order valence-electron chi connectivity index (χ3n) is 11.7. The van der Waals surface area contributed by atoms with Crippen LogP contribution in [0.4, 0.5) is 0 Å². The molecule has 9 aromatic carbocycles. The van der Waals surface area contributed by atoms with Gasteiger partial charge in [-0.3, -0.25) is 0 Å². The predicted octanol–water partition coefficient (Wildman–Crippen LogP) is 15.3. The fourth-order valence-electron chi connectivity index (χ4n) is 8.69. The Hall–Kier alpha value is -8.41. The molecule has 0 atom stereocenters. The van der Waals surface area contributed by atoms with E-state index in [4.69, 9.17) is 23.8 Å². The SMILES string of the molecule is c1ccc(-c2cc(-c3ccccc3)cc(-c3nc(-c4ccccc4)nc(-c4ccc(-c5ccc(-c6ccc7c(c6)oc6ccccc67)c6c5oc5ccccc56)cc4)n3)c2)cc1. The summed E-state index contributed by atoms with van der Waals surface area (Å²) in [5.41, 5.74) is 14.8. The van der Waals surface area contributed by atoms with E-state index in [1.807, 2.05) is 66.7 Å². The van der Waals surface area contributed by atoms with Crippen molar-refractivity contribution in [1.29, 1.82) is 0 Å². The monoisotopic (exact) mass is 793 g/mol. The van der Waals surface area contributed by atoms with Gasteiger partial charge in [-0.15, -0.1) is 0 Å². The van der Waals surface area contributed by atoms with Gasteiger partial charge >= 0.3 is 0 Å². The Kier molecular flexibility index (Phi) is 8.42. The van der Waals surface area contributed by atoms with Crippen LogP contribution in [0.5, 0.6) is 0 Å². The van der Waals surface area contributed by atoms with Crippen LogP contribution < -0.4 is 0 Å². The quantitative estimate of drug-likeness (QED) is 0.161. The molecule has 0 amide bonds. The second-order valence-corrected chi connectivity index (χ2v) is 15.6. The molecule has 0 saturated carbocycles. The standard InChI is InChI=1S/C57H35N3O2/c1-4-14-36(15-5-1)42-32-43(37-16-6-2-7-17-37)34-44(33-42)57-59-55(39-18-8-3-9-19-39)58-56(60-57)40-26-24-38(25-27-40)46-31-30-45(53-49-21-11-13-23-51(49)62-54(46)53)41-28-29-48-47-20-10-12-22-50(47)61-52(48)35-41/h1-35H. The normalized spacial score (nSPS) is 11.5. The van der Waals surface area contributed by atoms with Crippen LogP contribution in [0.1, 0.15) is 0 Å². The molecule has 3 heterocycles. The lowest BCUT2D eigenvalue weighted by Gasteiger charge is -2.13. The molecular weight excluding hydrogens is 759 g/mol. The van der Waals surface area contributed by atoms with Crippen LogP contribution in [0.3, 0.4) is 0 Å². The first-order chi connectivity index (χ1) is 30.7. The van der Waals surface area contributed by atoms with E-state index in [0.717, 1.165) is 105 Å². The van der Waals surface area contributed by atoms with Gasteiger partial charge in [0.1, 0.15) is 22.3 Å². The maximum atomic E-state index is 6.71. The second kappa shape index (κ2) is 14.7.